The number of rotatable bonds is 3. The highest BCUT2D eigenvalue weighted by Crippen LogP contribution is 2.40. The van der Waals surface area contributed by atoms with Crippen LogP contribution >= 0.6 is 0 Å². The molecule has 5 nitrogen and oxygen atoms in total. The van der Waals surface area contributed by atoms with Crippen molar-refractivity contribution in [2.24, 2.45) is 0 Å². The Kier molecular flexibility index (Phi) is 4.51. The van der Waals surface area contributed by atoms with E-state index >= 15 is 0 Å². The molecule has 2 heterocycles. The SMILES string of the molecule is CC(=O)Nc1ccc(-c2ccc3c(c2)C(c2nc4ccccc4cc2C)C(=O)N3)cc1. The van der Waals surface area contributed by atoms with Crippen LogP contribution in [-0.2, 0) is 9.59 Å². The molecule has 1 unspecified atom stereocenters. The summed E-state index contributed by atoms with van der Waals surface area (Å²) >= 11 is 0. The fourth-order valence-electron chi connectivity index (χ4n) is 4.19. The Labute approximate surface area is 180 Å². The number of nitrogens with one attached hydrogen (secondary N) is 2. The van der Waals surface area contributed by atoms with Crippen LogP contribution in [0.15, 0.2) is 72.8 Å². The Bertz CT molecular complexity index is 1340. The lowest BCUT2D eigenvalue weighted by Crippen LogP contribution is -2.15. The first-order chi connectivity index (χ1) is 15.0. The molecule has 2 N–H and O–H groups in total. The van der Waals surface area contributed by atoms with Gasteiger partial charge in [-0.3, -0.25) is 14.6 Å². The van der Waals surface area contributed by atoms with Crippen molar-refractivity contribution in [3.05, 3.63) is 89.6 Å². The molecule has 0 aliphatic carbocycles. The Morgan fingerprint density at radius 2 is 1.71 bits per heavy atom. The van der Waals surface area contributed by atoms with E-state index in [4.69, 9.17) is 4.98 Å². The zero-order chi connectivity index (χ0) is 21.5. The van der Waals surface area contributed by atoms with Crippen LogP contribution in [0.4, 0.5) is 11.4 Å². The second-order valence-corrected chi connectivity index (χ2v) is 7.87. The summed E-state index contributed by atoms with van der Waals surface area (Å²) in [5.74, 6) is -0.604. The number of aromatic nitrogens is 1. The van der Waals surface area contributed by atoms with Crippen molar-refractivity contribution in [3.63, 3.8) is 0 Å². The maximum atomic E-state index is 12.9. The van der Waals surface area contributed by atoms with E-state index < -0.39 is 5.92 Å². The molecule has 0 saturated heterocycles. The second kappa shape index (κ2) is 7.36. The molecular weight excluding hydrogens is 386 g/mol. The summed E-state index contributed by atoms with van der Waals surface area (Å²) in [5, 5.41) is 6.85. The van der Waals surface area contributed by atoms with Crippen LogP contribution in [0.3, 0.4) is 0 Å². The van der Waals surface area contributed by atoms with Crippen molar-refractivity contribution < 1.29 is 9.59 Å². The topological polar surface area (TPSA) is 71.1 Å². The first-order valence-corrected chi connectivity index (χ1v) is 10.2. The third kappa shape index (κ3) is 3.44. The van der Waals surface area contributed by atoms with Crippen LogP contribution in [-0.4, -0.2) is 16.8 Å². The molecular formula is C26H21N3O2. The maximum Gasteiger partial charge on any atom is 0.238 e. The van der Waals surface area contributed by atoms with Gasteiger partial charge in [-0.15, -0.1) is 0 Å². The maximum absolute atomic E-state index is 12.9. The third-order valence-corrected chi connectivity index (χ3v) is 5.65. The zero-order valence-corrected chi connectivity index (χ0v) is 17.3. The molecule has 152 valence electrons. The van der Waals surface area contributed by atoms with Crippen molar-refractivity contribution in [2.45, 2.75) is 19.8 Å². The average molecular weight is 407 g/mol. The van der Waals surface area contributed by atoms with Gasteiger partial charge < -0.3 is 10.6 Å². The van der Waals surface area contributed by atoms with Gasteiger partial charge in [0, 0.05) is 23.7 Å². The summed E-state index contributed by atoms with van der Waals surface area (Å²) in [6, 6.07) is 23.7. The van der Waals surface area contributed by atoms with E-state index in [1.807, 2.05) is 67.6 Å². The largest absolute Gasteiger partial charge is 0.326 e. The molecule has 3 aromatic carbocycles. The average Bonchev–Trinajstić information content (AvgIpc) is 3.08. The summed E-state index contributed by atoms with van der Waals surface area (Å²) in [4.78, 5) is 29.0. The van der Waals surface area contributed by atoms with Gasteiger partial charge in [-0.2, -0.15) is 0 Å². The molecule has 4 aromatic rings. The number of carbonyl (C=O) groups is 2. The second-order valence-electron chi connectivity index (χ2n) is 7.87. The minimum Gasteiger partial charge on any atom is -0.326 e. The zero-order valence-electron chi connectivity index (χ0n) is 17.3. The van der Waals surface area contributed by atoms with Gasteiger partial charge in [0.1, 0.15) is 5.92 Å². The van der Waals surface area contributed by atoms with Gasteiger partial charge in [-0.1, -0.05) is 36.4 Å². The number of benzene rings is 3. The summed E-state index contributed by atoms with van der Waals surface area (Å²) < 4.78 is 0. The quantitative estimate of drug-likeness (QED) is 0.487. The molecule has 0 spiro atoms. The lowest BCUT2D eigenvalue weighted by molar-refractivity contribution is -0.116. The Morgan fingerprint density at radius 1 is 0.968 bits per heavy atom. The van der Waals surface area contributed by atoms with Gasteiger partial charge in [0.2, 0.25) is 11.8 Å². The lowest BCUT2D eigenvalue weighted by atomic mass is 9.91. The summed E-state index contributed by atoms with van der Waals surface area (Å²) in [5.41, 5.74) is 7.19. The van der Waals surface area contributed by atoms with Gasteiger partial charge in [-0.05, 0) is 65.6 Å². The molecule has 5 heteroatoms. The number of pyridine rings is 1. The van der Waals surface area contributed by atoms with Crippen LogP contribution in [0.2, 0.25) is 0 Å². The number of carbonyl (C=O) groups excluding carboxylic acids is 2. The highest BCUT2D eigenvalue weighted by atomic mass is 16.2. The van der Waals surface area contributed by atoms with E-state index in [1.165, 1.54) is 6.92 Å². The lowest BCUT2D eigenvalue weighted by Gasteiger charge is -2.14. The first kappa shape index (κ1) is 19.0. The van der Waals surface area contributed by atoms with E-state index in [0.717, 1.165) is 50.2 Å². The normalized spacial score (nSPS) is 14.9. The third-order valence-electron chi connectivity index (χ3n) is 5.65. The van der Waals surface area contributed by atoms with E-state index in [1.54, 1.807) is 0 Å². The number of hydrogen-bond donors (Lipinski definition) is 2. The number of aryl methyl sites for hydroxylation is 1. The molecule has 1 atom stereocenters. The number of para-hydroxylation sites is 1. The Morgan fingerprint density at radius 3 is 2.48 bits per heavy atom. The molecule has 1 aromatic heterocycles. The Hall–Kier alpha value is -3.99. The number of fused-ring (bicyclic) bond motifs is 2. The van der Waals surface area contributed by atoms with E-state index in [-0.39, 0.29) is 11.8 Å². The Balaban J connectivity index is 1.56. The molecule has 0 radical (unpaired) electrons. The molecule has 0 fully saturated rings. The van der Waals surface area contributed by atoms with Crippen molar-refractivity contribution >= 4 is 34.1 Å². The van der Waals surface area contributed by atoms with Crippen molar-refractivity contribution in [2.75, 3.05) is 10.6 Å². The van der Waals surface area contributed by atoms with E-state index in [2.05, 4.69) is 22.8 Å². The molecule has 2 amide bonds. The number of hydrogen-bond acceptors (Lipinski definition) is 3. The van der Waals surface area contributed by atoms with Crippen LogP contribution in [0, 0.1) is 6.92 Å². The molecule has 0 bridgehead atoms. The standard InChI is InChI=1S/C26H21N3O2/c1-15-13-19-5-3-4-6-22(19)28-25(15)24-21-14-18(9-12-23(21)29-26(24)31)17-7-10-20(11-8-17)27-16(2)30/h3-14,24H,1-2H3,(H,27,30)(H,29,31). The van der Waals surface area contributed by atoms with Crippen LogP contribution in [0.5, 0.6) is 0 Å². The van der Waals surface area contributed by atoms with E-state index in [9.17, 15) is 9.59 Å². The number of nitrogens with zero attached hydrogens (tertiary/aromatic N) is 1. The highest BCUT2D eigenvalue weighted by molar-refractivity contribution is 6.05. The summed E-state index contributed by atoms with van der Waals surface area (Å²) in [6.45, 7) is 3.49. The molecule has 0 saturated carbocycles. The smallest absolute Gasteiger partial charge is 0.238 e. The fraction of sp³-hybridized carbons (Fsp3) is 0.115. The van der Waals surface area contributed by atoms with Crippen LogP contribution < -0.4 is 10.6 Å². The molecule has 1 aliphatic rings. The van der Waals surface area contributed by atoms with Gasteiger partial charge in [0.25, 0.3) is 0 Å². The van der Waals surface area contributed by atoms with Gasteiger partial charge >= 0.3 is 0 Å². The van der Waals surface area contributed by atoms with Crippen LogP contribution in [0.1, 0.15) is 29.7 Å². The summed E-state index contributed by atoms with van der Waals surface area (Å²) in [7, 11) is 0. The minimum absolute atomic E-state index is 0.0564. The van der Waals surface area contributed by atoms with Gasteiger partial charge in [0.05, 0.1) is 11.2 Å². The van der Waals surface area contributed by atoms with Gasteiger partial charge in [0.15, 0.2) is 0 Å². The van der Waals surface area contributed by atoms with Crippen molar-refractivity contribution in [3.8, 4) is 11.1 Å². The molecule has 5 rings (SSSR count). The highest BCUT2D eigenvalue weighted by Gasteiger charge is 2.34. The summed E-state index contributed by atoms with van der Waals surface area (Å²) in [6.07, 6.45) is 0. The molecule has 1 aliphatic heterocycles. The number of amides is 2. The minimum atomic E-state index is -0.446. The van der Waals surface area contributed by atoms with Crippen LogP contribution in [0.25, 0.3) is 22.0 Å². The van der Waals surface area contributed by atoms with Crippen molar-refractivity contribution in [1.82, 2.24) is 4.98 Å². The number of anilines is 2. The van der Waals surface area contributed by atoms with Gasteiger partial charge in [-0.25, -0.2) is 0 Å². The van der Waals surface area contributed by atoms with Crippen molar-refractivity contribution in [1.29, 1.82) is 0 Å². The predicted molar refractivity (Wildman–Crippen MR) is 123 cm³/mol. The monoisotopic (exact) mass is 407 g/mol. The fourth-order valence-corrected chi connectivity index (χ4v) is 4.19. The van der Waals surface area contributed by atoms with E-state index in [0.29, 0.717) is 0 Å². The first-order valence-electron chi connectivity index (χ1n) is 10.2. The predicted octanol–water partition coefficient (Wildman–Crippen LogP) is 5.25. The molecule has 31 heavy (non-hydrogen) atoms.